The van der Waals surface area contributed by atoms with E-state index in [2.05, 4.69) is 11.4 Å². The van der Waals surface area contributed by atoms with Crippen molar-refractivity contribution < 1.29 is 4.79 Å². The topological polar surface area (TPSA) is 29.1 Å². The summed E-state index contributed by atoms with van der Waals surface area (Å²) in [5.41, 5.74) is 2.21. The van der Waals surface area contributed by atoms with E-state index in [1.807, 2.05) is 32.2 Å². The number of carbonyl (C=O) groups excluding carboxylic acids is 1. The predicted octanol–water partition coefficient (Wildman–Crippen LogP) is 2.99. The molecule has 0 spiro atoms. The Morgan fingerprint density at radius 2 is 2.12 bits per heavy atom. The molecule has 0 heterocycles. The molecule has 1 fully saturated rings. The molecule has 1 aliphatic carbocycles. The van der Waals surface area contributed by atoms with Gasteiger partial charge in [0.2, 0.25) is 0 Å². The normalized spacial score (nSPS) is 17.5. The average molecular weight is 231 g/mol. The highest BCUT2D eigenvalue weighted by Gasteiger charge is 2.25. The lowest BCUT2D eigenvalue weighted by molar-refractivity contribution is 0.0928. The minimum atomic E-state index is 0.0567. The van der Waals surface area contributed by atoms with Crippen molar-refractivity contribution in [3.05, 3.63) is 35.4 Å². The van der Waals surface area contributed by atoms with Gasteiger partial charge in [0.1, 0.15) is 0 Å². The zero-order valence-electron chi connectivity index (χ0n) is 10.7. The first-order chi connectivity index (χ1) is 8.24. The van der Waals surface area contributed by atoms with Crippen LogP contribution in [-0.2, 0) is 0 Å². The van der Waals surface area contributed by atoms with Gasteiger partial charge in [0.05, 0.1) is 0 Å². The highest BCUT2D eigenvalue weighted by atomic mass is 16.1. The minimum absolute atomic E-state index is 0.0567. The van der Waals surface area contributed by atoms with Crippen molar-refractivity contribution >= 4 is 5.78 Å². The van der Waals surface area contributed by atoms with Gasteiger partial charge >= 0.3 is 0 Å². The molecule has 0 radical (unpaired) electrons. The maximum atomic E-state index is 12.4. The highest BCUT2D eigenvalue weighted by Crippen LogP contribution is 2.38. The van der Waals surface area contributed by atoms with Gasteiger partial charge in [0, 0.05) is 18.0 Å². The Morgan fingerprint density at radius 3 is 2.71 bits per heavy atom. The molecule has 0 saturated heterocycles. The molecule has 92 valence electrons. The summed E-state index contributed by atoms with van der Waals surface area (Å²) < 4.78 is 0. The Bertz CT molecular complexity index is 396. The number of nitrogens with one attached hydrogen (secondary N) is 1. The third-order valence-electron chi connectivity index (χ3n) is 3.73. The molecule has 1 aliphatic rings. The van der Waals surface area contributed by atoms with Crippen LogP contribution in [0.1, 0.15) is 48.0 Å². The lowest BCUT2D eigenvalue weighted by atomic mass is 9.77. The van der Waals surface area contributed by atoms with Gasteiger partial charge in [0.25, 0.3) is 0 Å². The molecule has 2 heteroatoms. The van der Waals surface area contributed by atoms with Crippen LogP contribution in [0.2, 0.25) is 0 Å². The van der Waals surface area contributed by atoms with Crippen LogP contribution in [0.5, 0.6) is 0 Å². The molecular formula is C15H21NO. The smallest absolute Gasteiger partial charge is 0.167 e. The summed E-state index contributed by atoms with van der Waals surface area (Å²) in [5, 5.41) is 3.07. The molecule has 1 aromatic carbocycles. The fourth-order valence-electron chi connectivity index (χ4n) is 2.46. The molecule has 1 saturated carbocycles. The first kappa shape index (κ1) is 12.3. The van der Waals surface area contributed by atoms with Crippen LogP contribution in [0.15, 0.2) is 24.3 Å². The molecule has 0 aliphatic heterocycles. The fraction of sp³-hybridized carbons (Fsp3) is 0.533. The van der Waals surface area contributed by atoms with Crippen molar-refractivity contribution in [2.45, 2.75) is 32.1 Å². The molecule has 17 heavy (non-hydrogen) atoms. The van der Waals surface area contributed by atoms with Crippen molar-refractivity contribution in [3.63, 3.8) is 0 Å². The zero-order valence-corrected chi connectivity index (χ0v) is 10.7. The molecular weight excluding hydrogens is 210 g/mol. The lowest BCUT2D eigenvalue weighted by Crippen LogP contribution is -2.25. The minimum Gasteiger partial charge on any atom is -0.319 e. The third kappa shape index (κ3) is 2.58. The Morgan fingerprint density at radius 1 is 1.41 bits per heavy atom. The molecule has 0 amide bonds. The summed E-state index contributed by atoms with van der Waals surface area (Å²) in [4.78, 5) is 12.4. The number of hydrogen-bond donors (Lipinski definition) is 1. The number of rotatable bonds is 5. The second-order valence-electron chi connectivity index (χ2n) is 5.04. The van der Waals surface area contributed by atoms with E-state index in [4.69, 9.17) is 0 Å². The van der Waals surface area contributed by atoms with Crippen LogP contribution < -0.4 is 5.32 Å². The van der Waals surface area contributed by atoms with Gasteiger partial charge in [-0.05, 0) is 31.4 Å². The number of carbonyl (C=O) groups is 1. The van der Waals surface area contributed by atoms with Crippen molar-refractivity contribution in [3.8, 4) is 0 Å². The molecule has 1 unspecified atom stereocenters. The second-order valence-corrected chi connectivity index (χ2v) is 5.04. The van der Waals surface area contributed by atoms with Crippen molar-refractivity contribution in [2.75, 3.05) is 13.6 Å². The lowest BCUT2D eigenvalue weighted by Gasteiger charge is -2.28. The predicted molar refractivity (Wildman–Crippen MR) is 70.5 cm³/mol. The largest absolute Gasteiger partial charge is 0.319 e. The van der Waals surface area contributed by atoms with Gasteiger partial charge in [-0.3, -0.25) is 4.79 Å². The summed E-state index contributed by atoms with van der Waals surface area (Å²) in [6, 6.07) is 8.14. The Labute approximate surface area is 103 Å². The SMILES string of the molecule is CNCC(C)C(=O)c1ccccc1C1CCC1. The molecule has 1 atom stereocenters. The van der Waals surface area contributed by atoms with Gasteiger partial charge in [0.15, 0.2) is 5.78 Å². The highest BCUT2D eigenvalue weighted by molar-refractivity contribution is 5.99. The molecule has 0 aromatic heterocycles. The average Bonchev–Trinajstić information content (AvgIpc) is 2.27. The quantitative estimate of drug-likeness (QED) is 0.789. The van der Waals surface area contributed by atoms with Gasteiger partial charge in [-0.2, -0.15) is 0 Å². The number of Topliss-reactive ketones (excluding diaryl/α,β-unsaturated/α-hetero) is 1. The summed E-state index contributed by atoms with van der Waals surface area (Å²) >= 11 is 0. The van der Waals surface area contributed by atoms with Crippen LogP contribution in [0.3, 0.4) is 0 Å². The maximum Gasteiger partial charge on any atom is 0.167 e. The fourth-order valence-corrected chi connectivity index (χ4v) is 2.46. The number of benzene rings is 1. The van der Waals surface area contributed by atoms with E-state index in [0.717, 1.165) is 12.1 Å². The Balaban J connectivity index is 2.21. The summed E-state index contributed by atoms with van der Waals surface area (Å²) in [5.74, 6) is 0.958. The monoisotopic (exact) mass is 231 g/mol. The maximum absolute atomic E-state index is 12.4. The Hall–Kier alpha value is -1.15. The molecule has 2 nitrogen and oxygen atoms in total. The van der Waals surface area contributed by atoms with Crippen molar-refractivity contribution in [2.24, 2.45) is 5.92 Å². The molecule has 1 N–H and O–H groups in total. The van der Waals surface area contributed by atoms with Crippen LogP contribution in [0.4, 0.5) is 0 Å². The van der Waals surface area contributed by atoms with Crippen LogP contribution in [-0.4, -0.2) is 19.4 Å². The van der Waals surface area contributed by atoms with E-state index in [1.165, 1.54) is 24.8 Å². The molecule has 0 bridgehead atoms. The number of ketones is 1. The first-order valence-electron chi connectivity index (χ1n) is 6.51. The standard InChI is InChI=1S/C15H21NO/c1-11(10-16-2)15(17)14-9-4-3-8-13(14)12-6-5-7-12/h3-4,8-9,11-12,16H,5-7,10H2,1-2H3. The van der Waals surface area contributed by atoms with E-state index < -0.39 is 0 Å². The van der Waals surface area contributed by atoms with Crippen LogP contribution >= 0.6 is 0 Å². The summed E-state index contributed by atoms with van der Waals surface area (Å²) in [6.45, 7) is 2.74. The van der Waals surface area contributed by atoms with Crippen LogP contribution in [0, 0.1) is 5.92 Å². The number of hydrogen-bond acceptors (Lipinski definition) is 2. The van der Waals surface area contributed by atoms with Crippen LogP contribution in [0.25, 0.3) is 0 Å². The van der Waals surface area contributed by atoms with Gasteiger partial charge < -0.3 is 5.32 Å². The van der Waals surface area contributed by atoms with Gasteiger partial charge in [-0.25, -0.2) is 0 Å². The summed E-state index contributed by atoms with van der Waals surface area (Å²) in [7, 11) is 1.89. The van der Waals surface area contributed by atoms with Crippen molar-refractivity contribution in [1.82, 2.24) is 5.32 Å². The molecule has 2 rings (SSSR count). The van der Waals surface area contributed by atoms with Gasteiger partial charge in [-0.1, -0.05) is 37.6 Å². The van der Waals surface area contributed by atoms with E-state index in [-0.39, 0.29) is 11.7 Å². The Kier molecular flexibility index (Phi) is 3.95. The van der Waals surface area contributed by atoms with E-state index in [9.17, 15) is 4.79 Å². The van der Waals surface area contributed by atoms with E-state index in [0.29, 0.717) is 5.92 Å². The van der Waals surface area contributed by atoms with Crippen molar-refractivity contribution in [1.29, 1.82) is 0 Å². The van der Waals surface area contributed by atoms with Gasteiger partial charge in [-0.15, -0.1) is 0 Å². The summed E-state index contributed by atoms with van der Waals surface area (Å²) in [6.07, 6.45) is 3.79. The second kappa shape index (κ2) is 5.46. The zero-order chi connectivity index (χ0) is 12.3. The first-order valence-corrected chi connectivity index (χ1v) is 6.51. The third-order valence-corrected chi connectivity index (χ3v) is 3.73. The van der Waals surface area contributed by atoms with E-state index in [1.54, 1.807) is 0 Å². The van der Waals surface area contributed by atoms with E-state index >= 15 is 0 Å². The molecule has 1 aromatic rings.